The summed E-state index contributed by atoms with van der Waals surface area (Å²) in [5.41, 5.74) is 2.45. The average molecular weight is 485 g/mol. The Bertz CT molecular complexity index is 1350. The summed E-state index contributed by atoms with van der Waals surface area (Å²) >= 11 is 0. The molecule has 2 heterocycles. The molecule has 0 aliphatic carbocycles. The fourth-order valence-corrected chi connectivity index (χ4v) is 4.55. The van der Waals surface area contributed by atoms with E-state index in [4.69, 9.17) is 9.47 Å². The summed E-state index contributed by atoms with van der Waals surface area (Å²) in [6.45, 7) is 4.41. The van der Waals surface area contributed by atoms with Crippen molar-refractivity contribution in [2.45, 2.75) is 20.3 Å². The van der Waals surface area contributed by atoms with Crippen LogP contribution in [-0.2, 0) is 9.59 Å². The van der Waals surface area contributed by atoms with E-state index in [1.165, 1.54) is 0 Å². The second kappa shape index (κ2) is 9.30. The highest BCUT2D eigenvalue weighted by Crippen LogP contribution is 2.33. The maximum atomic E-state index is 12.8. The molecule has 36 heavy (non-hydrogen) atoms. The number of fused-ring (bicyclic) bond motifs is 1. The van der Waals surface area contributed by atoms with E-state index >= 15 is 0 Å². The van der Waals surface area contributed by atoms with Crippen LogP contribution in [0.15, 0.2) is 66.7 Å². The van der Waals surface area contributed by atoms with Gasteiger partial charge in [-0.05, 0) is 74.0 Å². The molecule has 3 aromatic carbocycles. The van der Waals surface area contributed by atoms with E-state index in [0.717, 1.165) is 4.90 Å². The zero-order valence-electron chi connectivity index (χ0n) is 19.9. The molecular formula is C28H24N2O6. The second-order valence-corrected chi connectivity index (χ2v) is 8.69. The Labute approximate surface area is 208 Å². The summed E-state index contributed by atoms with van der Waals surface area (Å²) in [5.74, 6) is -1.05. The molecule has 0 bridgehead atoms. The van der Waals surface area contributed by atoms with Gasteiger partial charge in [-0.25, -0.2) is 4.90 Å². The number of rotatable bonds is 6. The number of hydrogen-bond acceptors (Lipinski definition) is 6. The van der Waals surface area contributed by atoms with Gasteiger partial charge in [-0.3, -0.25) is 19.2 Å². The number of ether oxygens (including phenoxy) is 2. The minimum atomic E-state index is -0.611. The monoisotopic (exact) mass is 484 g/mol. The fourth-order valence-electron chi connectivity index (χ4n) is 4.55. The fraction of sp³-hybridized carbons (Fsp3) is 0.214. The van der Waals surface area contributed by atoms with Gasteiger partial charge in [0.1, 0.15) is 11.5 Å². The number of amides is 3. The lowest BCUT2D eigenvalue weighted by molar-refractivity contribution is -0.139. The minimum absolute atomic E-state index is 0.0537. The molecule has 0 spiro atoms. The van der Waals surface area contributed by atoms with Crippen molar-refractivity contribution in [3.63, 3.8) is 0 Å². The van der Waals surface area contributed by atoms with Gasteiger partial charge >= 0.3 is 5.97 Å². The van der Waals surface area contributed by atoms with Crippen molar-refractivity contribution in [2.75, 3.05) is 23.0 Å². The van der Waals surface area contributed by atoms with Crippen LogP contribution in [0.25, 0.3) is 0 Å². The predicted octanol–water partition coefficient (Wildman–Crippen LogP) is 4.15. The average Bonchev–Trinajstić information content (AvgIpc) is 3.38. The molecule has 8 nitrogen and oxygen atoms in total. The van der Waals surface area contributed by atoms with Crippen LogP contribution in [0.5, 0.6) is 11.5 Å². The number of carbonyl (C=O) groups excluding carboxylic acids is 4. The first-order valence-corrected chi connectivity index (χ1v) is 11.7. The largest absolute Gasteiger partial charge is 0.494 e. The molecule has 2 aliphatic rings. The number of carbonyl (C=O) groups is 4. The van der Waals surface area contributed by atoms with Crippen molar-refractivity contribution < 1.29 is 28.7 Å². The van der Waals surface area contributed by atoms with Crippen LogP contribution in [0.3, 0.4) is 0 Å². The van der Waals surface area contributed by atoms with Gasteiger partial charge in [0.2, 0.25) is 5.91 Å². The van der Waals surface area contributed by atoms with Gasteiger partial charge in [0.05, 0.1) is 29.3 Å². The van der Waals surface area contributed by atoms with E-state index < -0.39 is 11.9 Å². The minimum Gasteiger partial charge on any atom is -0.494 e. The van der Waals surface area contributed by atoms with Crippen LogP contribution >= 0.6 is 0 Å². The van der Waals surface area contributed by atoms with E-state index in [2.05, 4.69) is 0 Å². The third-order valence-corrected chi connectivity index (χ3v) is 6.34. The van der Waals surface area contributed by atoms with E-state index in [0.29, 0.717) is 40.4 Å². The lowest BCUT2D eigenvalue weighted by Gasteiger charge is -2.18. The van der Waals surface area contributed by atoms with Crippen LogP contribution in [-0.4, -0.2) is 36.8 Å². The highest BCUT2D eigenvalue weighted by atomic mass is 16.5. The smallest absolute Gasteiger partial charge is 0.316 e. The molecule has 1 fully saturated rings. The van der Waals surface area contributed by atoms with Gasteiger partial charge in [-0.2, -0.15) is 0 Å². The number of anilines is 2. The molecule has 2 aliphatic heterocycles. The number of imide groups is 1. The first-order chi connectivity index (χ1) is 17.4. The maximum Gasteiger partial charge on any atom is 0.316 e. The molecule has 0 unspecified atom stereocenters. The second-order valence-electron chi connectivity index (χ2n) is 8.69. The molecule has 5 rings (SSSR count). The van der Waals surface area contributed by atoms with Gasteiger partial charge in [0.15, 0.2) is 0 Å². The highest BCUT2D eigenvalue weighted by molar-refractivity contribution is 6.34. The number of aryl methyl sites for hydroxylation is 1. The van der Waals surface area contributed by atoms with Crippen LogP contribution < -0.4 is 19.3 Å². The van der Waals surface area contributed by atoms with Crippen LogP contribution in [0.4, 0.5) is 11.4 Å². The van der Waals surface area contributed by atoms with Gasteiger partial charge in [0, 0.05) is 18.7 Å². The molecule has 0 saturated carbocycles. The zero-order valence-corrected chi connectivity index (χ0v) is 19.9. The molecule has 0 N–H and O–H groups in total. The quantitative estimate of drug-likeness (QED) is 0.296. The summed E-state index contributed by atoms with van der Waals surface area (Å²) in [6, 6.07) is 18.6. The molecule has 182 valence electrons. The van der Waals surface area contributed by atoms with Crippen molar-refractivity contribution in [3.8, 4) is 11.5 Å². The summed E-state index contributed by atoms with van der Waals surface area (Å²) < 4.78 is 11.0. The summed E-state index contributed by atoms with van der Waals surface area (Å²) in [7, 11) is 0. The lowest BCUT2D eigenvalue weighted by Crippen LogP contribution is -2.30. The van der Waals surface area contributed by atoms with Gasteiger partial charge in [-0.1, -0.05) is 12.1 Å². The maximum absolute atomic E-state index is 12.8. The first kappa shape index (κ1) is 23.3. The lowest BCUT2D eigenvalue weighted by atomic mass is 10.1. The molecule has 1 saturated heterocycles. The van der Waals surface area contributed by atoms with E-state index in [-0.39, 0.29) is 36.4 Å². The van der Waals surface area contributed by atoms with Crippen LogP contribution in [0.2, 0.25) is 0 Å². The molecule has 3 amide bonds. The molecule has 8 heteroatoms. The van der Waals surface area contributed by atoms with Crippen molar-refractivity contribution >= 4 is 35.1 Å². The van der Waals surface area contributed by atoms with Crippen molar-refractivity contribution in [1.29, 1.82) is 0 Å². The molecule has 1 atom stereocenters. The summed E-state index contributed by atoms with van der Waals surface area (Å²) in [5, 5.41) is 0. The van der Waals surface area contributed by atoms with Crippen LogP contribution in [0, 0.1) is 12.8 Å². The predicted molar refractivity (Wildman–Crippen MR) is 132 cm³/mol. The Balaban J connectivity index is 1.27. The topological polar surface area (TPSA) is 93.2 Å². The number of hydrogen-bond donors (Lipinski definition) is 0. The molecule has 0 radical (unpaired) electrons. The zero-order chi connectivity index (χ0) is 25.4. The molecule has 3 aromatic rings. The van der Waals surface area contributed by atoms with Crippen LogP contribution in [0.1, 0.15) is 39.6 Å². The third-order valence-electron chi connectivity index (χ3n) is 6.34. The normalized spacial score (nSPS) is 16.9. The molecule has 0 aromatic heterocycles. The van der Waals surface area contributed by atoms with Gasteiger partial charge < -0.3 is 14.4 Å². The summed E-state index contributed by atoms with van der Waals surface area (Å²) in [4.78, 5) is 53.7. The highest BCUT2D eigenvalue weighted by Gasteiger charge is 2.38. The number of esters is 1. The van der Waals surface area contributed by atoms with E-state index in [1.54, 1.807) is 78.6 Å². The van der Waals surface area contributed by atoms with E-state index in [9.17, 15) is 19.2 Å². The summed E-state index contributed by atoms with van der Waals surface area (Å²) in [6.07, 6.45) is 0.0537. The Hall–Kier alpha value is -4.46. The van der Waals surface area contributed by atoms with E-state index in [1.807, 2.05) is 6.92 Å². The Morgan fingerprint density at radius 1 is 0.917 bits per heavy atom. The first-order valence-electron chi connectivity index (χ1n) is 11.7. The standard InChI is InChI=1S/C28H24N2O6/c1-3-35-20-10-8-19(9-11-20)29-16-18(15-25(29)31)28(34)36-21-12-13-24(17(2)14-21)30-26(32)22-6-4-5-7-23(22)27(30)33/h4-14,18H,3,15-16H2,1-2H3/t18-/m0/s1. The number of benzene rings is 3. The third kappa shape index (κ3) is 4.11. The molecular weight excluding hydrogens is 460 g/mol. The number of nitrogens with zero attached hydrogens (tertiary/aromatic N) is 2. The van der Waals surface area contributed by atoms with Crippen molar-refractivity contribution in [2.24, 2.45) is 5.92 Å². The van der Waals surface area contributed by atoms with Crippen molar-refractivity contribution in [3.05, 3.63) is 83.4 Å². The van der Waals surface area contributed by atoms with Gasteiger partial charge in [-0.15, -0.1) is 0 Å². The Morgan fingerprint density at radius 3 is 2.17 bits per heavy atom. The SMILES string of the molecule is CCOc1ccc(N2C[C@@H](C(=O)Oc3ccc(N4C(=O)c5ccccc5C4=O)c(C)c3)CC2=O)cc1. The van der Waals surface area contributed by atoms with Crippen molar-refractivity contribution in [1.82, 2.24) is 0 Å². The van der Waals surface area contributed by atoms with Gasteiger partial charge in [0.25, 0.3) is 11.8 Å². The Morgan fingerprint density at radius 2 is 1.56 bits per heavy atom. The Kier molecular flexibility index (Phi) is 6.01.